The summed E-state index contributed by atoms with van der Waals surface area (Å²) in [5.74, 6) is -1.40. The van der Waals surface area contributed by atoms with Crippen molar-refractivity contribution in [3.8, 4) is 0 Å². The van der Waals surface area contributed by atoms with E-state index in [1.807, 2.05) is 0 Å². The van der Waals surface area contributed by atoms with E-state index in [1.165, 1.54) is 0 Å². The number of nitrogens with zero attached hydrogens (tertiary/aromatic N) is 4. The number of amides is 3. The summed E-state index contributed by atoms with van der Waals surface area (Å²) in [6.45, 7) is 2.33. The van der Waals surface area contributed by atoms with E-state index < -0.39 is 35.8 Å². The van der Waals surface area contributed by atoms with Crippen LogP contribution in [0.15, 0.2) is 4.99 Å². The maximum Gasteiger partial charge on any atom is 0.243 e. The Morgan fingerprint density at radius 2 is 1.79 bits per heavy atom. The molecule has 3 atom stereocenters. The van der Waals surface area contributed by atoms with Crippen LogP contribution in [-0.4, -0.2) is 69.8 Å². The van der Waals surface area contributed by atoms with E-state index >= 15 is 0 Å². The highest BCUT2D eigenvalue weighted by Gasteiger charge is 2.27. The lowest BCUT2D eigenvalue weighted by Crippen LogP contribution is -2.54. The summed E-state index contributed by atoms with van der Waals surface area (Å²) in [6, 6.07) is -2.63. The zero-order chi connectivity index (χ0) is 24.4. The minimum absolute atomic E-state index is 0.0468. The van der Waals surface area contributed by atoms with Gasteiger partial charge in [-0.2, -0.15) is 15.0 Å². The standard InChI is InChI=1S/C18H30ClN11O3/c1-9-13(32)27-11(6-4-8-23-16(21)22)14(33)26-10(12(20)31)5-2-3-7-24-17-28-15(19)29-18(25-9)30-17/h9-11H,2-8H2,1H3,(H2,20,31)(H,26,33)(H,27,32)(H4,21,22,23)(H2,24,25,28,29,30)/t9-,10+,11-/m0/s1. The van der Waals surface area contributed by atoms with E-state index in [-0.39, 0.29) is 36.1 Å². The average molecular weight is 484 g/mol. The first kappa shape index (κ1) is 25.8. The van der Waals surface area contributed by atoms with Crippen molar-refractivity contribution in [1.29, 1.82) is 0 Å². The molecule has 2 heterocycles. The molecule has 0 saturated heterocycles. The zero-order valence-electron chi connectivity index (χ0n) is 18.3. The number of guanidine groups is 1. The third-order valence-corrected chi connectivity index (χ3v) is 4.96. The molecule has 0 unspecified atom stereocenters. The predicted octanol–water partition coefficient (Wildman–Crippen LogP) is -1.57. The molecule has 33 heavy (non-hydrogen) atoms. The zero-order valence-corrected chi connectivity index (χ0v) is 19.1. The third-order valence-electron chi connectivity index (χ3n) is 4.79. The second-order valence-corrected chi connectivity index (χ2v) is 7.85. The van der Waals surface area contributed by atoms with E-state index in [1.54, 1.807) is 6.92 Å². The summed E-state index contributed by atoms with van der Waals surface area (Å²) in [6.07, 6.45) is 2.22. The topological polar surface area (TPSA) is 228 Å². The van der Waals surface area contributed by atoms with Gasteiger partial charge in [0.1, 0.15) is 18.1 Å². The summed E-state index contributed by atoms with van der Waals surface area (Å²) < 4.78 is 0. The van der Waals surface area contributed by atoms with E-state index in [4.69, 9.17) is 28.8 Å². The number of aromatic nitrogens is 3. The highest BCUT2D eigenvalue weighted by atomic mass is 35.5. The number of hydrogen-bond donors (Lipinski definition) is 7. The van der Waals surface area contributed by atoms with Gasteiger partial charge in [0.05, 0.1) is 0 Å². The largest absolute Gasteiger partial charge is 0.370 e. The van der Waals surface area contributed by atoms with Gasteiger partial charge in [-0.3, -0.25) is 19.4 Å². The fourth-order valence-corrected chi connectivity index (χ4v) is 3.21. The van der Waals surface area contributed by atoms with Gasteiger partial charge >= 0.3 is 0 Å². The van der Waals surface area contributed by atoms with Gasteiger partial charge in [-0.05, 0) is 50.6 Å². The number of aliphatic imine (C=N–C) groups is 1. The van der Waals surface area contributed by atoms with E-state index in [2.05, 4.69) is 41.2 Å². The van der Waals surface area contributed by atoms with Crippen LogP contribution in [0.3, 0.4) is 0 Å². The molecule has 1 aliphatic rings. The maximum atomic E-state index is 12.9. The second kappa shape index (κ2) is 12.6. The molecule has 2 bridgehead atoms. The molecule has 0 fully saturated rings. The molecule has 0 aromatic carbocycles. The van der Waals surface area contributed by atoms with E-state index in [9.17, 15) is 14.4 Å². The summed E-state index contributed by atoms with van der Waals surface area (Å²) in [4.78, 5) is 53.6. The Bertz CT molecular complexity index is 878. The minimum Gasteiger partial charge on any atom is -0.370 e. The number of halogens is 1. The molecule has 15 heteroatoms. The van der Waals surface area contributed by atoms with Crippen LogP contribution < -0.4 is 38.5 Å². The molecule has 0 aliphatic carbocycles. The monoisotopic (exact) mass is 483 g/mol. The van der Waals surface area contributed by atoms with Gasteiger partial charge in [-0.25, -0.2) is 0 Å². The lowest BCUT2D eigenvalue weighted by atomic mass is 10.1. The van der Waals surface area contributed by atoms with Gasteiger partial charge < -0.3 is 38.5 Å². The molecular weight excluding hydrogens is 454 g/mol. The van der Waals surface area contributed by atoms with Crippen molar-refractivity contribution in [2.45, 2.75) is 57.2 Å². The molecule has 1 aromatic rings. The van der Waals surface area contributed by atoms with E-state index in [0.717, 1.165) is 0 Å². The van der Waals surface area contributed by atoms with Gasteiger partial charge in [0, 0.05) is 13.1 Å². The number of fused-ring (bicyclic) bond motifs is 2. The smallest absolute Gasteiger partial charge is 0.243 e. The SMILES string of the molecule is C[C@@H]1Nc2nc(Cl)nc(n2)NCCCC[C@H](C(N)=O)NC(=O)[C@H](CCCN=C(N)N)NC1=O. The molecule has 10 N–H and O–H groups in total. The number of primary amides is 1. The first-order valence-corrected chi connectivity index (χ1v) is 10.9. The number of rotatable bonds is 5. The van der Waals surface area contributed by atoms with Crippen LogP contribution in [0.4, 0.5) is 11.9 Å². The van der Waals surface area contributed by atoms with Crippen LogP contribution >= 0.6 is 11.6 Å². The number of nitrogens with two attached hydrogens (primary N) is 3. The van der Waals surface area contributed by atoms with Crippen molar-refractivity contribution >= 4 is 47.2 Å². The number of nitrogens with one attached hydrogen (secondary N) is 4. The average Bonchev–Trinajstić information content (AvgIpc) is 2.73. The van der Waals surface area contributed by atoms with Gasteiger partial charge in [-0.1, -0.05) is 0 Å². The number of carbonyl (C=O) groups excluding carboxylic acids is 3. The Hall–Kier alpha value is -3.42. The fraction of sp³-hybridized carbons (Fsp3) is 0.611. The van der Waals surface area contributed by atoms with Crippen molar-refractivity contribution in [3.05, 3.63) is 5.28 Å². The molecule has 3 amide bonds. The first-order valence-electron chi connectivity index (χ1n) is 10.5. The van der Waals surface area contributed by atoms with Crippen molar-refractivity contribution in [1.82, 2.24) is 25.6 Å². The van der Waals surface area contributed by atoms with Crippen LogP contribution in [0.25, 0.3) is 0 Å². The Morgan fingerprint density at radius 3 is 2.48 bits per heavy atom. The van der Waals surface area contributed by atoms with Crippen molar-refractivity contribution in [2.24, 2.45) is 22.2 Å². The molecule has 2 rings (SSSR count). The van der Waals surface area contributed by atoms with Crippen molar-refractivity contribution in [3.63, 3.8) is 0 Å². The van der Waals surface area contributed by atoms with Crippen molar-refractivity contribution in [2.75, 3.05) is 23.7 Å². The summed E-state index contributed by atoms with van der Waals surface area (Å²) in [5, 5.41) is 11.1. The molecule has 0 saturated carbocycles. The van der Waals surface area contributed by atoms with Crippen LogP contribution in [0.5, 0.6) is 0 Å². The highest BCUT2D eigenvalue weighted by Crippen LogP contribution is 2.12. The Balaban J connectivity index is 2.23. The van der Waals surface area contributed by atoms with Crippen LogP contribution in [0.2, 0.25) is 5.28 Å². The van der Waals surface area contributed by atoms with Gasteiger partial charge in [-0.15, -0.1) is 0 Å². The van der Waals surface area contributed by atoms with Gasteiger partial charge in [0.25, 0.3) is 0 Å². The van der Waals surface area contributed by atoms with Gasteiger partial charge in [0.15, 0.2) is 5.96 Å². The Labute approximate surface area is 195 Å². The van der Waals surface area contributed by atoms with Gasteiger partial charge in [0.2, 0.25) is 34.9 Å². The predicted molar refractivity (Wildman–Crippen MR) is 123 cm³/mol. The highest BCUT2D eigenvalue weighted by molar-refractivity contribution is 6.28. The Kier molecular flexibility index (Phi) is 9.84. The minimum atomic E-state index is -0.940. The van der Waals surface area contributed by atoms with Crippen molar-refractivity contribution < 1.29 is 14.4 Å². The van der Waals surface area contributed by atoms with E-state index in [0.29, 0.717) is 32.2 Å². The Morgan fingerprint density at radius 1 is 1.06 bits per heavy atom. The summed E-state index contributed by atoms with van der Waals surface area (Å²) >= 11 is 5.96. The number of anilines is 2. The third kappa shape index (κ3) is 8.92. The molecule has 0 spiro atoms. The molecule has 14 nitrogen and oxygen atoms in total. The molecular formula is C18H30ClN11O3. The van der Waals surface area contributed by atoms with Crippen LogP contribution in [-0.2, 0) is 14.4 Å². The summed E-state index contributed by atoms with van der Waals surface area (Å²) in [7, 11) is 0. The van der Waals surface area contributed by atoms with Crippen LogP contribution in [0.1, 0.15) is 39.0 Å². The molecule has 182 valence electrons. The first-order chi connectivity index (χ1) is 15.7. The lowest BCUT2D eigenvalue weighted by molar-refractivity contribution is -0.131. The quantitative estimate of drug-likeness (QED) is 0.144. The molecule has 1 aliphatic heterocycles. The van der Waals surface area contributed by atoms with Crippen LogP contribution in [0, 0.1) is 0 Å². The fourth-order valence-electron chi connectivity index (χ4n) is 3.05. The number of hydrogen-bond acceptors (Lipinski definition) is 9. The molecule has 0 radical (unpaired) electrons. The maximum absolute atomic E-state index is 12.9. The summed E-state index contributed by atoms with van der Waals surface area (Å²) in [5.41, 5.74) is 16.1. The number of carbonyl (C=O) groups is 3. The second-order valence-electron chi connectivity index (χ2n) is 7.51. The molecule has 1 aromatic heterocycles. The lowest BCUT2D eigenvalue weighted by Gasteiger charge is -2.24. The normalized spacial score (nSPS) is 22.2.